The lowest BCUT2D eigenvalue weighted by atomic mass is 10.2. The van der Waals surface area contributed by atoms with Crippen molar-refractivity contribution < 1.29 is 9.59 Å². The Bertz CT molecular complexity index is 736. The van der Waals surface area contributed by atoms with Crippen LogP contribution >= 0.6 is 11.3 Å². The SMILES string of the molecule is O=C1CN(C(=O)c2cnc3sccn3c2=O)CCCN1. The van der Waals surface area contributed by atoms with Crippen molar-refractivity contribution >= 4 is 28.1 Å². The Kier molecular flexibility index (Phi) is 3.23. The van der Waals surface area contributed by atoms with E-state index in [4.69, 9.17) is 0 Å². The third kappa shape index (κ3) is 2.18. The van der Waals surface area contributed by atoms with E-state index in [1.165, 1.54) is 26.8 Å². The Morgan fingerprint density at radius 3 is 3.10 bits per heavy atom. The van der Waals surface area contributed by atoms with Gasteiger partial charge < -0.3 is 10.2 Å². The molecule has 2 aromatic heterocycles. The zero-order chi connectivity index (χ0) is 14.1. The highest BCUT2D eigenvalue weighted by atomic mass is 32.1. The fourth-order valence-corrected chi connectivity index (χ4v) is 2.80. The van der Waals surface area contributed by atoms with Gasteiger partial charge in [0, 0.05) is 30.9 Å². The molecule has 2 amide bonds. The largest absolute Gasteiger partial charge is 0.354 e. The number of carbonyl (C=O) groups is 2. The molecular weight excluding hydrogens is 280 g/mol. The molecule has 1 N–H and O–H groups in total. The number of thiazole rings is 1. The number of nitrogens with zero attached hydrogens (tertiary/aromatic N) is 3. The van der Waals surface area contributed by atoms with Crippen LogP contribution in [0.2, 0.25) is 0 Å². The van der Waals surface area contributed by atoms with Crippen molar-refractivity contribution in [3.05, 3.63) is 33.7 Å². The molecule has 1 aliphatic heterocycles. The summed E-state index contributed by atoms with van der Waals surface area (Å²) in [6, 6.07) is 0. The van der Waals surface area contributed by atoms with Crippen molar-refractivity contribution in [1.82, 2.24) is 19.6 Å². The number of amides is 2. The summed E-state index contributed by atoms with van der Waals surface area (Å²) in [7, 11) is 0. The van der Waals surface area contributed by atoms with E-state index in [1.54, 1.807) is 11.6 Å². The molecule has 1 aliphatic rings. The predicted molar refractivity (Wildman–Crippen MR) is 72.9 cm³/mol. The van der Waals surface area contributed by atoms with E-state index < -0.39 is 11.5 Å². The fourth-order valence-electron chi connectivity index (χ4n) is 2.12. The maximum Gasteiger partial charge on any atom is 0.271 e. The molecule has 8 heteroatoms. The Hall–Kier alpha value is -2.22. The summed E-state index contributed by atoms with van der Waals surface area (Å²) in [5.74, 6) is -0.652. The molecule has 1 saturated heterocycles. The molecule has 0 unspecified atom stereocenters. The minimum atomic E-state index is -0.444. The quantitative estimate of drug-likeness (QED) is 0.783. The average Bonchev–Trinajstić information content (AvgIpc) is 2.81. The molecule has 3 rings (SSSR count). The van der Waals surface area contributed by atoms with Crippen molar-refractivity contribution in [3.63, 3.8) is 0 Å². The molecule has 0 saturated carbocycles. The van der Waals surface area contributed by atoms with Gasteiger partial charge in [-0.05, 0) is 6.42 Å². The Morgan fingerprint density at radius 1 is 1.40 bits per heavy atom. The zero-order valence-electron chi connectivity index (χ0n) is 10.5. The summed E-state index contributed by atoms with van der Waals surface area (Å²) >= 11 is 1.32. The summed E-state index contributed by atoms with van der Waals surface area (Å²) in [5, 5.41) is 4.42. The predicted octanol–water partition coefficient (Wildman–Crippen LogP) is -0.282. The van der Waals surface area contributed by atoms with E-state index in [2.05, 4.69) is 10.3 Å². The average molecular weight is 292 g/mol. The van der Waals surface area contributed by atoms with Gasteiger partial charge in [0.05, 0.1) is 6.54 Å². The highest BCUT2D eigenvalue weighted by molar-refractivity contribution is 7.15. The standard InChI is InChI=1S/C12H12N4O3S/c17-9-7-15(3-1-2-13-9)10(18)8-6-14-12-16(11(8)19)4-5-20-12/h4-6H,1-3,7H2,(H,13,17). The minimum absolute atomic E-state index is 0.00407. The van der Waals surface area contributed by atoms with Gasteiger partial charge in [-0.1, -0.05) is 0 Å². The molecule has 0 aromatic carbocycles. The first-order valence-electron chi connectivity index (χ1n) is 6.17. The zero-order valence-corrected chi connectivity index (χ0v) is 11.4. The first-order valence-corrected chi connectivity index (χ1v) is 7.05. The number of aromatic nitrogens is 2. The topological polar surface area (TPSA) is 83.8 Å². The summed E-state index contributed by atoms with van der Waals surface area (Å²) in [4.78, 5) is 42.1. The third-order valence-electron chi connectivity index (χ3n) is 3.12. The van der Waals surface area contributed by atoms with Crippen LogP contribution < -0.4 is 10.9 Å². The van der Waals surface area contributed by atoms with Gasteiger partial charge in [0.2, 0.25) is 5.91 Å². The van der Waals surface area contributed by atoms with E-state index in [0.717, 1.165) is 0 Å². The molecule has 0 radical (unpaired) electrons. The first kappa shape index (κ1) is 12.8. The lowest BCUT2D eigenvalue weighted by molar-refractivity contribution is -0.121. The smallest absolute Gasteiger partial charge is 0.271 e. The van der Waals surface area contributed by atoms with Crippen molar-refractivity contribution in [3.8, 4) is 0 Å². The van der Waals surface area contributed by atoms with Gasteiger partial charge in [-0.2, -0.15) is 0 Å². The highest BCUT2D eigenvalue weighted by Crippen LogP contribution is 2.08. The number of hydrogen-bond acceptors (Lipinski definition) is 5. The monoisotopic (exact) mass is 292 g/mol. The number of rotatable bonds is 1. The molecule has 0 atom stereocenters. The molecular formula is C12H12N4O3S. The van der Waals surface area contributed by atoms with Gasteiger partial charge >= 0.3 is 0 Å². The van der Waals surface area contributed by atoms with E-state index in [0.29, 0.717) is 24.5 Å². The lowest BCUT2D eigenvalue weighted by Gasteiger charge is -2.18. The molecule has 0 bridgehead atoms. The van der Waals surface area contributed by atoms with E-state index in [-0.39, 0.29) is 18.0 Å². The summed E-state index contributed by atoms with van der Waals surface area (Å²) < 4.78 is 1.34. The maximum atomic E-state index is 12.4. The number of fused-ring (bicyclic) bond motifs is 1. The summed E-state index contributed by atoms with van der Waals surface area (Å²) in [5.41, 5.74) is -0.401. The molecule has 104 valence electrons. The molecule has 1 fully saturated rings. The van der Waals surface area contributed by atoms with Crippen molar-refractivity contribution in [2.75, 3.05) is 19.6 Å². The van der Waals surface area contributed by atoms with Crippen LogP contribution in [0.1, 0.15) is 16.8 Å². The number of nitrogens with one attached hydrogen (secondary N) is 1. The number of hydrogen-bond donors (Lipinski definition) is 1. The van der Waals surface area contributed by atoms with Gasteiger partial charge in [-0.3, -0.25) is 18.8 Å². The van der Waals surface area contributed by atoms with Crippen molar-refractivity contribution in [1.29, 1.82) is 0 Å². The van der Waals surface area contributed by atoms with Crippen molar-refractivity contribution in [2.45, 2.75) is 6.42 Å². The second-order valence-corrected chi connectivity index (χ2v) is 5.34. The maximum absolute atomic E-state index is 12.4. The second kappa shape index (κ2) is 5.04. The van der Waals surface area contributed by atoms with Crippen molar-refractivity contribution in [2.24, 2.45) is 0 Å². The molecule has 20 heavy (non-hydrogen) atoms. The Labute approximate surface area is 117 Å². The van der Waals surface area contributed by atoms with Crippen LogP contribution in [0.3, 0.4) is 0 Å². The van der Waals surface area contributed by atoms with Gasteiger partial charge in [-0.15, -0.1) is 11.3 Å². The normalized spacial score (nSPS) is 16.0. The van der Waals surface area contributed by atoms with Crippen LogP contribution in [0.5, 0.6) is 0 Å². The van der Waals surface area contributed by atoms with E-state index in [9.17, 15) is 14.4 Å². The third-order valence-corrected chi connectivity index (χ3v) is 3.89. The Morgan fingerprint density at radius 2 is 2.25 bits per heavy atom. The van der Waals surface area contributed by atoms with Gasteiger partial charge in [0.1, 0.15) is 5.56 Å². The lowest BCUT2D eigenvalue weighted by Crippen LogP contribution is -2.40. The summed E-state index contributed by atoms with van der Waals surface area (Å²) in [6.07, 6.45) is 3.55. The van der Waals surface area contributed by atoms with Crippen LogP contribution in [0.25, 0.3) is 4.96 Å². The number of carbonyl (C=O) groups excluding carboxylic acids is 2. The molecule has 0 aliphatic carbocycles. The van der Waals surface area contributed by atoms with Gasteiger partial charge in [0.25, 0.3) is 11.5 Å². The van der Waals surface area contributed by atoms with E-state index in [1.807, 2.05) is 0 Å². The molecule has 7 nitrogen and oxygen atoms in total. The fraction of sp³-hybridized carbons (Fsp3) is 0.333. The van der Waals surface area contributed by atoms with E-state index >= 15 is 0 Å². The van der Waals surface area contributed by atoms with Crippen LogP contribution in [0.4, 0.5) is 0 Å². The second-order valence-electron chi connectivity index (χ2n) is 4.46. The minimum Gasteiger partial charge on any atom is -0.354 e. The first-order chi connectivity index (χ1) is 9.66. The van der Waals surface area contributed by atoms with Crippen LogP contribution in [0, 0.1) is 0 Å². The van der Waals surface area contributed by atoms with Gasteiger partial charge in [0.15, 0.2) is 4.96 Å². The summed E-state index contributed by atoms with van der Waals surface area (Å²) in [6.45, 7) is 0.970. The van der Waals surface area contributed by atoms with Crippen LogP contribution in [-0.4, -0.2) is 45.7 Å². The van der Waals surface area contributed by atoms with Gasteiger partial charge in [-0.25, -0.2) is 4.98 Å². The van der Waals surface area contributed by atoms with Crippen LogP contribution in [0.15, 0.2) is 22.6 Å². The molecule has 3 heterocycles. The highest BCUT2D eigenvalue weighted by Gasteiger charge is 2.24. The van der Waals surface area contributed by atoms with Crippen LogP contribution in [-0.2, 0) is 4.79 Å². The Balaban J connectivity index is 1.97. The molecule has 0 spiro atoms. The molecule has 2 aromatic rings.